The van der Waals surface area contributed by atoms with Crippen molar-refractivity contribution in [2.24, 2.45) is 5.73 Å². The molecule has 2 N–H and O–H groups in total. The maximum atomic E-state index is 5.64. The molecule has 0 unspecified atom stereocenters. The molecule has 0 atom stereocenters. The molecule has 0 amide bonds. The molecular formula is C11H11Br2N3O2. The highest BCUT2D eigenvalue weighted by atomic mass is 79.9. The fourth-order valence-electron chi connectivity index (χ4n) is 1.45. The van der Waals surface area contributed by atoms with Gasteiger partial charge < -0.3 is 15.0 Å². The van der Waals surface area contributed by atoms with Crippen LogP contribution in [-0.2, 0) is 13.0 Å². The van der Waals surface area contributed by atoms with Crippen LogP contribution in [-0.4, -0.2) is 16.7 Å². The lowest BCUT2D eigenvalue weighted by molar-refractivity contribution is 0.283. The Kier molecular flexibility index (Phi) is 4.73. The van der Waals surface area contributed by atoms with Gasteiger partial charge in [-0.15, -0.1) is 0 Å². The lowest BCUT2D eigenvalue weighted by atomic mass is 10.1. The molecule has 0 radical (unpaired) electrons. The average Bonchev–Trinajstić information content (AvgIpc) is 2.81. The van der Waals surface area contributed by atoms with Crippen molar-refractivity contribution < 1.29 is 9.26 Å². The Labute approximate surface area is 121 Å². The van der Waals surface area contributed by atoms with E-state index in [0.717, 1.165) is 20.9 Å². The SMILES string of the molecule is NCCc1cc(Br)c(OCc2ncon2)c(Br)c1. The predicted octanol–water partition coefficient (Wildman–Crippen LogP) is 2.67. The molecule has 2 rings (SSSR count). The van der Waals surface area contributed by atoms with Crippen LogP contribution >= 0.6 is 31.9 Å². The molecule has 0 spiro atoms. The number of halogens is 2. The molecule has 1 heterocycles. The first kappa shape index (κ1) is 13.5. The summed E-state index contributed by atoms with van der Waals surface area (Å²) in [6, 6.07) is 3.98. The van der Waals surface area contributed by atoms with Crippen molar-refractivity contribution in [3.8, 4) is 5.75 Å². The smallest absolute Gasteiger partial charge is 0.213 e. The summed E-state index contributed by atoms with van der Waals surface area (Å²) in [7, 11) is 0. The van der Waals surface area contributed by atoms with E-state index >= 15 is 0 Å². The summed E-state index contributed by atoms with van der Waals surface area (Å²) in [5.74, 6) is 1.21. The molecule has 0 saturated carbocycles. The normalized spacial score (nSPS) is 10.6. The van der Waals surface area contributed by atoms with Gasteiger partial charge in [0.2, 0.25) is 12.2 Å². The molecular weight excluding hydrogens is 366 g/mol. The van der Waals surface area contributed by atoms with E-state index in [9.17, 15) is 0 Å². The molecule has 0 bridgehead atoms. The van der Waals surface area contributed by atoms with Crippen LogP contribution in [0, 0.1) is 0 Å². The molecule has 0 aliphatic carbocycles. The number of hydrogen-bond donors (Lipinski definition) is 1. The van der Waals surface area contributed by atoms with Crippen LogP contribution in [0.1, 0.15) is 11.4 Å². The Bertz CT molecular complexity index is 494. The van der Waals surface area contributed by atoms with Crippen LogP contribution in [0.5, 0.6) is 5.75 Å². The number of aromatic nitrogens is 2. The van der Waals surface area contributed by atoms with E-state index in [1.165, 1.54) is 6.39 Å². The molecule has 18 heavy (non-hydrogen) atoms. The van der Waals surface area contributed by atoms with Crippen molar-refractivity contribution in [2.75, 3.05) is 6.54 Å². The van der Waals surface area contributed by atoms with Gasteiger partial charge in [0.25, 0.3) is 0 Å². The third kappa shape index (κ3) is 3.30. The van der Waals surface area contributed by atoms with Crippen LogP contribution in [0.4, 0.5) is 0 Å². The largest absolute Gasteiger partial charge is 0.483 e. The van der Waals surface area contributed by atoms with E-state index in [4.69, 9.17) is 10.5 Å². The van der Waals surface area contributed by atoms with Gasteiger partial charge in [0.1, 0.15) is 5.75 Å². The van der Waals surface area contributed by atoms with Gasteiger partial charge in [-0.1, -0.05) is 5.16 Å². The second kappa shape index (κ2) is 6.31. The van der Waals surface area contributed by atoms with Gasteiger partial charge in [0.15, 0.2) is 6.61 Å². The van der Waals surface area contributed by atoms with Crippen LogP contribution in [0.25, 0.3) is 0 Å². The van der Waals surface area contributed by atoms with E-state index in [2.05, 4.69) is 46.5 Å². The lowest BCUT2D eigenvalue weighted by Crippen LogP contribution is -2.04. The van der Waals surface area contributed by atoms with Crippen molar-refractivity contribution in [3.63, 3.8) is 0 Å². The van der Waals surface area contributed by atoms with E-state index in [-0.39, 0.29) is 6.61 Å². The summed E-state index contributed by atoms with van der Waals surface area (Å²) in [6.07, 6.45) is 2.09. The van der Waals surface area contributed by atoms with E-state index in [1.807, 2.05) is 12.1 Å². The van der Waals surface area contributed by atoms with Crippen molar-refractivity contribution >= 4 is 31.9 Å². The number of nitrogens with zero attached hydrogens (tertiary/aromatic N) is 2. The lowest BCUT2D eigenvalue weighted by Gasteiger charge is -2.10. The molecule has 0 saturated heterocycles. The van der Waals surface area contributed by atoms with Gasteiger partial charge in [0, 0.05) is 0 Å². The summed E-state index contributed by atoms with van der Waals surface area (Å²) in [6.45, 7) is 0.867. The molecule has 5 nitrogen and oxygen atoms in total. The first-order chi connectivity index (χ1) is 8.70. The van der Waals surface area contributed by atoms with E-state index < -0.39 is 0 Å². The Hall–Kier alpha value is -0.920. The van der Waals surface area contributed by atoms with Crippen molar-refractivity contribution in [2.45, 2.75) is 13.0 Å². The summed E-state index contributed by atoms with van der Waals surface area (Å²) in [4.78, 5) is 3.89. The van der Waals surface area contributed by atoms with E-state index in [1.54, 1.807) is 0 Å². The molecule has 2 aromatic rings. The highest BCUT2D eigenvalue weighted by Crippen LogP contribution is 2.35. The van der Waals surface area contributed by atoms with Gasteiger partial charge in [-0.25, -0.2) is 0 Å². The Morgan fingerprint density at radius 1 is 1.28 bits per heavy atom. The minimum absolute atomic E-state index is 0.254. The minimum Gasteiger partial charge on any atom is -0.483 e. The maximum Gasteiger partial charge on any atom is 0.213 e. The zero-order chi connectivity index (χ0) is 13.0. The second-order valence-electron chi connectivity index (χ2n) is 3.56. The van der Waals surface area contributed by atoms with Crippen LogP contribution in [0.3, 0.4) is 0 Å². The zero-order valence-corrected chi connectivity index (χ0v) is 12.6. The summed E-state index contributed by atoms with van der Waals surface area (Å²) in [5, 5.41) is 3.68. The standard InChI is InChI=1S/C11H11Br2N3O2/c12-8-3-7(1-2-14)4-9(13)11(8)17-5-10-15-6-18-16-10/h3-4,6H,1-2,5,14H2. The van der Waals surface area contributed by atoms with Crippen LogP contribution in [0.15, 0.2) is 32.0 Å². The molecule has 1 aromatic heterocycles. The van der Waals surface area contributed by atoms with Crippen molar-refractivity contribution in [3.05, 3.63) is 38.9 Å². The fraction of sp³-hybridized carbons (Fsp3) is 0.273. The zero-order valence-electron chi connectivity index (χ0n) is 9.40. The van der Waals surface area contributed by atoms with Crippen molar-refractivity contribution in [1.29, 1.82) is 0 Å². The topological polar surface area (TPSA) is 74.2 Å². The van der Waals surface area contributed by atoms with Gasteiger partial charge in [-0.05, 0) is 62.5 Å². The third-order valence-corrected chi connectivity index (χ3v) is 3.42. The molecule has 96 valence electrons. The number of hydrogen-bond acceptors (Lipinski definition) is 5. The minimum atomic E-state index is 0.254. The van der Waals surface area contributed by atoms with Gasteiger partial charge >= 0.3 is 0 Å². The fourth-order valence-corrected chi connectivity index (χ4v) is 2.96. The molecule has 7 heteroatoms. The number of rotatable bonds is 5. The first-order valence-corrected chi connectivity index (χ1v) is 6.85. The molecule has 0 aliphatic heterocycles. The summed E-state index contributed by atoms with van der Waals surface area (Å²) < 4.78 is 12.0. The Balaban J connectivity index is 2.12. The average molecular weight is 377 g/mol. The second-order valence-corrected chi connectivity index (χ2v) is 5.27. The maximum absolute atomic E-state index is 5.64. The monoisotopic (exact) mass is 375 g/mol. The van der Waals surface area contributed by atoms with Crippen LogP contribution in [0.2, 0.25) is 0 Å². The number of benzene rings is 1. The Morgan fingerprint density at radius 3 is 2.56 bits per heavy atom. The highest BCUT2D eigenvalue weighted by molar-refractivity contribution is 9.11. The molecule has 1 aromatic carbocycles. The van der Waals surface area contributed by atoms with Gasteiger partial charge in [-0.3, -0.25) is 0 Å². The molecule has 0 aliphatic rings. The Morgan fingerprint density at radius 2 is 2.00 bits per heavy atom. The van der Waals surface area contributed by atoms with E-state index in [0.29, 0.717) is 18.1 Å². The van der Waals surface area contributed by atoms with Crippen LogP contribution < -0.4 is 10.5 Å². The van der Waals surface area contributed by atoms with Gasteiger partial charge in [-0.2, -0.15) is 4.98 Å². The van der Waals surface area contributed by atoms with Crippen molar-refractivity contribution in [1.82, 2.24) is 10.1 Å². The third-order valence-electron chi connectivity index (χ3n) is 2.24. The number of nitrogens with two attached hydrogens (primary N) is 1. The molecule has 0 fully saturated rings. The summed E-state index contributed by atoms with van der Waals surface area (Å²) in [5.41, 5.74) is 6.67. The summed E-state index contributed by atoms with van der Waals surface area (Å²) >= 11 is 6.94. The predicted molar refractivity (Wildman–Crippen MR) is 73.2 cm³/mol. The van der Waals surface area contributed by atoms with Gasteiger partial charge in [0.05, 0.1) is 8.95 Å². The highest BCUT2D eigenvalue weighted by Gasteiger charge is 2.10. The number of ether oxygens (including phenoxy) is 1. The quantitative estimate of drug-likeness (QED) is 0.868. The first-order valence-electron chi connectivity index (χ1n) is 5.26.